The fraction of sp³-hybridized carbons (Fsp3) is 0.500. The van der Waals surface area contributed by atoms with E-state index in [1.807, 2.05) is 12.1 Å². The molecule has 0 amide bonds. The Morgan fingerprint density at radius 2 is 2.12 bits per heavy atom. The highest BCUT2D eigenvalue weighted by Gasteiger charge is 2.02. The molecule has 1 aromatic rings. The molecule has 2 nitrogen and oxygen atoms in total. The summed E-state index contributed by atoms with van der Waals surface area (Å²) in [5, 5.41) is 0. The highest BCUT2D eigenvalue weighted by molar-refractivity contribution is 7.80. The van der Waals surface area contributed by atoms with Crippen LogP contribution >= 0.6 is 12.2 Å². The van der Waals surface area contributed by atoms with Gasteiger partial charge in [0.15, 0.2) is 0 Å². The molecular formula is C14H22N2S. The van der Waals surface area contributed by atoms with Crippen molar-refractivity contribution < 1.29 is 0 Å². The predicted octanol–water partition coefficient (Wildman–Crippen LogP) is 2.94. The van der Waals surface area contributed by atoms with Crippen molar-refractivity contribution in [2.75, 3.05) is 13.6 Å². The van der Waals surface area contributed by atoms with Gasteiger partial charge in [-0.3, -0.25) is 0 Å². The number of benzene rings is 1. The second-order valence-corrected chi connectivity index (χ2v) is 4.95. The van der Waals surface area contributed by atoms with Crippen LogP contribution in [0.4, 0.5) is 0 Å². The molecule has 94 valence electrons. The van der Waals surface area contributed by atoms with E-state index < -0.39 is 0 Å². The monoisotopic (exact) mass is 250 g/mol. The van der Waals surface area contributed by atoms with Crippen molar-refractivity contribution in [1.82, 2.24) is 4.90 Å². The molecule has 0 spiro atoms. The third kappa shape index (κ3) is 5.29. The molecule has 0 bridgehead atoms. The maximum absolute atomic E-state index is 5.63. The fourth-order valence-corrected chi connectivity index (χ4v) is 1.97. The summed E-state index contributed by atoms with van der Waals surface area (Å²) >= 11 is 4.99. The molecule has 0 aliphatic carbocycles. The molecule has 3 heteroatoms. The Kier molecular flexibility index (Phi) is 6.16. The second-order valence-electron chi connectivity index (χ2n) is 4.51. The van der Waals surface area contributed by atoms with Crippen LogP contribution in [0, 0.1) is 0 Å². The Balaban J connectivity index is 2.50. The summed E-state index contributed by atoms with van der Waals surface area (Å²) in [5.74, 6) is 0. The van der Waals surface area contributed by atoms with Crippen molar-refractivity contribution in [1.29, 1.82) is 0 Å². The van der Waals surface area contributed by atoms with Gasteiger partial charge in [0.2, 0.25) is 0 Å². The van der Waals surface area contributed by atoms with E-state index in [-0.39, 0.29) is 0 Å². The smallest absolute Gasteiger partial charge is 0.103 e. The second kappa shape index (κ2) is 7.41. The van der Waals surface area contributed by atoms with Gasteiger partial charge in [-0.15, -0.1) is 0 Å². The highest BCUT2D eigenvalue weighted by atomic mass is 32.1. The lowest BCUT2D eigenvalue weighted by molar-refractivity contribution is 0.318. The van der Waals surface area contributed by atoms with Crippen molar-refractivity contribution >= 4 is 17.2 Å². The lowest BCUT2D eigenvalue weighted by Gasteiger charge is -2.16. The molecule has 0 atom stereocenters. The van der Waals surface area contributed by atoms with Crippen LogP contribution in [0.3, 0.4) is 0 Å². The first-order valence-corrected chi connectivity index (χ1v) is 6.61. The van der Waals surface area contributed by atoms with Gasteiger partial charge in [0.25, 0.3) is 0 Å². The van der Waals surface area contributed by atoms with Gasteiger partial charge in [0.05, 0.1) is 0 Å². The van der Waals surface area contributed by atoms with E-state index in [2.05, 4.69) is 31.0 Å². The van der Waals surface area contributed by atoms with Crippen LogP contribution in [-0.2, 0) is 6.54 Å². The van der Waals surface area contributed by atoms with Gasteiger partial charge in [-0.2, -0.15) is 0 Å². The first-order valence-electron chi connectivity index (χ1n) is 6.20. The number of hydrogen-bond donors (Lipinski definition) is 1. The number of rotatable bonds is 7. The van der Waals surface area contributed by atoms with Crippen molar-refractivity contribution in [3.63, 3.8) is 0 Å². The van der Waals surface area contributed by atoms with Crippen LogP contribution in [0.1, 0.15) is 37.3 Å². The van der Waals surface area contributed by atoms with Gasteiger partial charge in [-0.05, 0) is 31.6 Å². The van der Waals surface area contributed by atoms with Crippen molar-refractivity contribution in [3.05, 3.63) is 35.4 Å². The average Bonchev–Trinajstić information content (AvgIpc) is 2.29. The molecule has 1 rings (SSSR count). The van der Waals surface area contributed by atoms with Crippen molar-refractivity contribution in [3.8, 4) is 0 Å². The number of nitrogens with two attached hydrogens (primary N) is 1. The first kappa shape index (κ1) is 14.1. The van der Waals surface area contributed by atoms with E-state index in [1.165, 1.54) is 24.8 Å². The molecule has 0 aromatic heterocycles. The van der Waals surface area contributed by atoms with E-state index in [4.69, 9.17) is 18.0 Å². The Hall–Kier alpha value is -0.930. The lowest BCUT2D eigenvalue weighted by atomic mass is 10.1. The molecule has 2 N–H and O–H groups in total. The molecule has 0 saturated heterocycles. The molecule has 0 unspecified atom stereocenters. The summed E-state index contributed by atoms with van der Waals surface area (Å²) in [7, 11) is 2.16. The zero-order valence-corrected chi connectivity index (χ0v) is 11.6. The molecule has 0 fully saturated rings. The largest absolute Gasteiger partial charge is 0.389 e. The summed E-state index contributed by atoms with van der Waals surface area (Å²) in [6.45, 7) is 4.33. The molecule has 0 radical (unpaired) electrons. The van der Waals surface area contributed by atoms with Gasteiger partial charge in [0, 0.05) is 12.1 Å². The number of unbranched alkanes of at least 4 members (excludes halogenated alkanes) is 2. The maximum Gasteiger partial charge on any atom is 0.103 e. The standard InChI is InChI=1S/C14H22N2S/c1-3-4-5-9-16(2)11-12-7-6-8-13(10-12)14(15)17/h6-8,10H,3-5,9,11H2,1-2H3,(H2,15,17). The van der Waals surface area contributed by atoms with Crippen molar-refractivity contribution in [2.45, 2.75) is 32.7 Å². The van der Waals surface area contributed by atoms with Gasteiger partial charge in [-0.25, -0.2) is 0 Å². The maximum atomic E-state index is 5.63. The molecule has 0 aliphatic rings. The van der Waals surface area contributed by atoms with E-state index >= 15 is 0 Å². The zero-order chi connectivity index (χ0) is 12.7. The minimum Gasteiger partial charge on any atom is -0.389 e. The summed E-state index contributed by atoms with van der Waals surface area (Å²) < 4.78 is 0. The molecule has 1 aromatic carbocycles. The summed E-state index contributed by atoms with van der Waals surface area (Å²) in [4.78, 5) is 2.81. The van der Waals surface area contributed by atoms with E-state index in [9.17, 15) is 0 Å². The number of nitrogens with zero attached hydrogens (tertiary/aromatic N) is 1. The lowest BCUT2D eigenvalue weighted by Crippen LogP contribution is -2.19. The van der Waals surface area contributed by atoms with Crippen molar-refractivity contribution in [2.24, 2.45) is 5.73 Å². The highest BCUT2D eigenvalue weighted by Crippen LogP contribution is 2.08. The van der Waals surface area contributed by atoms with Gasteiger partial charge >= 0.3 is 0 Å². The van der Waals surface area contributed by atoms with Gasteiger partial charge in [0.1, 0.15) is 4.99 Å². The van der Waals surface area contributed by atoms with E-state index in [1.54, 1.807) is 0 Å². The summed E-state index contributed by atoms with van der Waals surface area (Å²) in [6, 6.07) is 8.18. The summed E-state index contributed by atoms with van der Waals surface area (Å²) in [5.41, 5.74) is 7.86. The van der Waals surface area contributed by atoms with Crippen LogP contribution in [0.2, 0.25) is 0 Å². The SMILES string of the molecule is CCCCCN(C)Cc1cccc(C(N)=S)c1. The summed E-state index contributed by atoms with van der Waals surface area (Å²) in [6.07, 6.45) is 3.84. The molecule has 17 heavy (non-hydrogen) atoms. The van der Waals surface area contributed by atoms with Crippen LogP contribution in [0.25, 0.3) is 0 Å². The topological polar surface area (TPSA) is 29.3 Å². The minimum atomic E-state index is 0.473. The third-order valence-corrected chi connectivity index (χ3v) is 3.04. The van der Waals surface area contributed by atoms with Gasteiger partial charge < -0.3 is 10.6 Å². The fourth-order valence-electron chi connectivity index (χ4n) is 1.85. The predicted molar refractivity (Wildman–Crippen MR) is 78.2 cm³/mol. The van der Waals surface area contributed by atoms with Crippen LogP contribution in [0.5, 0.6) is 0 Å². The quantitative estimate of drug-likeness (QED) is 0.596. The molecular weight excluding hydrogens is 228 g/mol. The van der Waals surface area contributed by atoms with Crippen LogP contribution in [-0.4, -0.2) is 23.5 Å². The Morgan fingerprint density at radius 1 is 1.35 bits per heavy atom. The van der Waals surface area contributed by atoms with E-state index in [0.29, 0.717) is 4.99 Å². The van der Waals surface area contributed by atoms with Gasteiger partial charge in [-0.1, -0.05) is 50.2 Å². The molecule has 0 aliphatic heterocycles. The zero-order valence-electron chi connectivity index (χ0n) is 10.8. The first-order chi connectivity index (χ1) is 8.13. The Labute approximate surface area is 110 Å². The Morgan fingerprint density at radius 3 is 2.76 bits per heavy atom. The number of thiocarbonyl (C=S) groups is 1. The Bertz CT molecular complexity index is 363. The molecule has 0 saturated carbocycles. The minimum absolute atomic E-state index is 0.473. The average molecular weight is 250 g/mol. The number of hydrogen-bond acceptors (Lipinski definition) is 2. The molecule has 0 heterocycles. The van der Waals surface area contributed by atoms with E-state index in [0.717, 1.165) is 18.7 Å². The third-order valence-electron chi connectivity index (χ3n) is 2.81. The normalized spacial score (nSPS) is 10.8. The van der Waals surface area contributed by atoms with Crippen LogP contribution < -0.4 is 5.73 Å². The van der Waals surface area contributed by atoms with Crippen LogP contribution in [0.15, 0.2) is 24.3 Å².